The van der Waals surface area contributed by atoms with Crippen LogP contribution in [0.4, 0.5) is 0 Å². The number of carbonyl (C=O) groups is 1. The van der Waals surface area contributed by atoms with E-state index in [1.165, 1.54) is 10.4 Å². The smallest absolute Gasteiger partial charge is 0.247 e. The van der Waals surface area contributed by atoms with Crippen LogP contribution in [0.25, 0.3) is 6.08 Å². The molecule has 5 heteroatoms. The molecule has 1 aliphatic heterocycles. The van der Waals surface area contributed by atoms with E-state index in [0.29, 0.717) is 11.5 Å². The van der Waals surface area contributed by atoms with Gasteiger partial charge in [-0.05, 0) is 54.1 Å². The van der Waals surface area contributed by atoms with Crippen LogP contribution in [0.2, 0.25) is 0 Å². The molecule has 0 radical (unpaired) electrons. The third-order valence-electron chi connectivity index (χ3n) is 4.39. The van der Waals surface area contributed by atoms with Gasteiger partial charge in [0.25, 0.3) is 0 Å². The lowest BCUT2D eigenvalue weighted by Gasteiger charge is -2.32. The highest BCUT2D eigenvalue weighted by atomic mass is 32.1. The summed E-state index contributed by atoms with van der Waals surface area (Å²) in [5.74, 6) is 1.37. The molecular formula is C19H21NO3S. The van der Waals surface area contributed by atoms with Crippen molar-refractivity contribution in [3.8, 4) is 11.5 Å². The van der Waals surface area contributed by atoms with E-state index in [-0.39, 0.29) is 11.9 Å². The zero-order chi connectivity index (χ0) is 17.1. The predicted molar refractivity (Wildman–Crippen MR) is 96.7 cm³/mol. The van der Waals surface area contributed by atoms with Gasteiger partial charge in [0.2, 0.25) is 5.91 Å². The summed E-state index contributed by atoms with van der Waals surface area (Å²) in [5, 5.41) is 2.11. The molecule has 2 aromatic rings. The molecule has 0 saturated heterocycles. The summed E-state index contributed by atoms with van der Waals surface area (Å²) in [4.78, 5) is 15.9. The van der Waals surface area contributed by atoms with E-state index in [4.69, 9.17) is 9.47 Å². The molecule has 1 amide bonds. The minimum absolute atomic E-state index is 0.0362. The minimum Gasteiger partial charge on any atom is -0.493 e. The molecule has 3 rings (SSSR count). The summed E-state index contributed by atoms with van der Waals surface area (Å²) in [6.07, 6.45) is 4.39. The van der Waals surface area contributed by atoms with E-state index in [1.807, 2.05) is 29.2 Å². The number of rotatable bonds is 4. The van der Waals surface area contributed by atoms with E-state index in [1.54, 1.807) is 31.6 Å². The van der Waals surface area contributed by atoms with Crippen molar-refractivity contribution in [1.29, 1.82) is 0 Å². The molecule has 1 aromatic heterocycles. The van der Waals surface area contributed by atoms with Gasteiger partial charge in [-0.15, -0.1) is 11.3 Å². The normalized spacial score (nSPS) is 17.0. The molecule has 24 heavy (non-hydrogen) atoms. The fourth-order valence-corrected chi connectivity index (χ4v) is 3.99. The van der Waals surface area contributed by atoms with Crippen LogP contribution in [-0.4, -0.2) is 31.6 Å². The maximum Gasteiger partial charge on any atom is 0.247 e. The fourth-order valence-electron chi connectivity index (χ4n) is 3.03. The first-order valence-corrected chi connectivity index (χ1v) is 8.79. The molecule has 126 valence electrons. The number of methoxy groups -OCH3 is 2. The summed E-state index contributed by atoms with van der Waals surface area (Å²) in [6.45, 7) is 2.86. The van der Waals surface area contributed by atoms with Crippen LogP contribution < -0.4 is 9.47 Å². The van der Waals surface area contributed by atoms with Gasteiger partial charge in [-0.2, -0.15) is 0 Å². The fraction of sp³-hybridized carbons (Fsp3) is 0.316. The Morgan fingerprint density at radius 2 is 2.04 bits per heavy atom. The van der Waals surface area contributed by atoms with Crippen LogP contribution in [0, 0.1) is 0 Å². The Morgan fingerprint density at radius 3 is 2.79 bits per heavy atom. The number of fused-ring (bicyclic) bond motifs is 1. The van der Waals surface area contributed by atoms with E-state index in [2.05, 4.69) is 18.4 Å². The van der Waals surface area contributed by atoms with Crippen LogP contribution in [-0.2, 0) is 11.2 Å². The van der Waals surface area contributed by atoms with Gasteiger partial charge in [0.1, 0.15) is 0 Å². The Labute approximate surface area is 146 Å². The lowest BCUT2D eigenvalue weighted by Crippen LogP contribution is -2.37. The number of benzene rings is 1. The Balaban J connectivity index is 1.74. The quantitative estimate of drug-likeness (QED) is 0.790. The van der Waals surface area contributed by atoms with E-state index in [9.17, 15) is 4.79 Å². The van der Waals surface area contributed by atoms with Crippen molar-refractivity contribution in [3.63, 3.8) is 0 Å². The molecule has 0 unspecified atom stereocenters. The van der Waals surface area contributed by atoms with Gasteiger partial charge in [-0.1, -0.05) is 6.07 Å². The number of nitrogens with zero attached hydrogens (tertiary/aromatic N) is 1. The molecule has 0 fully saturated rings. The van der Waals surface area contributed by atoms with E-state index < -0.39 is 0 Å². The second kappa shape index (κ2) is 7.09. The molecule has 0 spiro atoms. The summed E-state index contributed by atoms with van der Waals surface area (Å²) in [5.41, 5.74) is 2.18. The molecule has 0 saturated carbocycles. The summed E-state index contributed by atoms with van der Waals surface area (Å²) < 4.78 is 10.5. The van der Waals surface area contributed by atoms with Crippen LogP contribution in [0.15, 0.2) is 35.7 Å². The van der Waals surface area contributed by atoms with Crippen LogP contribution in [0.5, 0.6) is 11.5 Å². The zero-order valence-corrected chi connectivity index (χ0v) is 14.9. The average Bonchev–Trinajstić information content (AvgIpc) is 3.09. The number of thiophene rings is 1. The van der Waals surface area contributed by atoms with Crippen LogP contribution >= 0.6 is 11.3 Å². The monoisotopic (exact) mass is 343 g/mol. The number of amides is 1. The van der Waals surface area contributed by atoms with Crippen molar-refractivity contribution in [2.24, 2.45) is 0 Å². The number of ether oxygens (including phenoxy) is 2. The molecule has 4 nitrogen and oxygen atoms in total. The third-order valence-corrected chi connectivity index (χ3v) is 5.38. The first-order valence-electron chi connectivity index (χ1n) is 7.91. The van der Waals surface area contributed by atoms with Gasteiger partial charge in [-0.25, -0.2) is 0 Å². The Morgan fingerprint density at radius 1 is 1.25 bits per heavy atom. The molecule has 1 aliphatic rings. The summed E-state index contributed by atoms with van der Waals surface area (Å²) in [6, 6.07) is 7.86. The minimum atomic E-state index is 0.0362. The highest BCUT2D eigenvalue weighted by Crippen LogP contribution is 2.33. The van der Waals surface area contributed by atoms with Gasteiger partial charge >= 0.3 is 0 Å². The maximum atomic E-state index is 12.6. The first-order chi connectivity index (χ1) is 11.6. The highest BCUT2D eigenvalue weighted by Gasteiger charge is 2.26. The van der Waals surface area contributed by atoms with Crippen LogP contribution in [0.1, 0.15) is 29.0 Å². The van der Waals surface area contributed by atoms with Gasteiger partial charge in [-0.3, -0.25) is 4.79 Å². The Hall–Kier alpha value is -2.27. The maximum absolute atomic E-state index is 12.6. The van der Waals surface area contributed by atoms with Gasteiger partial charge < -0.3 is 14.4 Å². The van der Waals surface area contributed by atoms with Crippen molar-refractivity contribution in [3.05, 3.63) is 51.7 Å². The Bertz CT molecular complexity index is 766. The second-order valence-corrected chi connectivity index (χ2v) is 6.71. The molecule has 2 heterocycles. The molecule has 1 aromatic carbocycles. The summed E-state index contributed by atoms with van der Waals surface area (Å²) in [7, 11) is 3.21. The van der Waals surface area contributed by atoms with Crippen molar-refractivity contribution in [2.75, 3.05) is 20.8 Å². The lowest BCUT2D eigenvalue weighted by atomic mass is 10.0. The zero-order valence-electron chi connectivity index (χ0n) is 14.1. The largest absolute Gasteiger partial charge is 0.493 e. The SMILES string of the molecule is COc1ccc(/C=C/C(=O)N2CCc3sccc3[C@H]2C)cc1OC. The van der Waals surface area contributed by atoms with Gasteiger partial charge in [0, 0.05) is 17.5 Å². The van der Waals surface area contributed by atoms with Crippen molar-refractivity contribution in [2.45, 2.75) is 19.4 Å². The van der Waals surface area contributed by atoms with Crippen molar-refractivity contribution in [1.82, 2.24) is 4.90 Å². The van der Waals surface area contributed by atoms with Gasteiger partial charge in [0.05, 0.1) is 20.3 Å². The molecule has 1 atom stereocenters. The lowest BCUT2D eigenvalue weighted by molar-refractivity contribution is -0.128. The first kappa shape index (κ1) is 16.6. The molecular weight excluding hydrogens is 322 g/mol. The van der Waals surface area contributed by atoms with Gasteiger partial charge in [0.15, 0.2) is 11.5 Å². The molecule has 0 N–H and O–H groups in total. The summed E-state index contributed by atoms with van der Waals surface area (Å²) >= 11 is 1.78. The Kier molecular flexibility index (Phi) is 4.90. The number of hydrogen-bond donors (Lipinski definition) is 0. The number of carbonyl (C=O) groups excluding carboxylic acids is 1. The third kappa shape index (κ3) is 3.17. The average molecular weight is 343 g/mol. The highest BCUT2D eigenvalue weighted by molar-refractivity contribution is 7.10. The topological polar surface area (TPSA) is 38.8 Å². The standard InChI is InChI=1S/C19H21NO3S/c1-13-15-9-11-24-18(15)8-10-20(13)19(21)7-5-14-4-6-16(22-2)17(12-14)23-3/h4-7,9,11-13H,8,10H2,1-3H3/b7-5+/t13-/m1/s1. The van der Waals surface area contributed by atoms with E-state index in [0.717, 1.165) is 18.5 Å². The number of hydrogen-bond acceptors (Lipinski definition) is 4. The predicted octanol–water partition coefficient (Wildman–Crippen LogP) is 3.92. The van der Waals surface area contributed by atoms with Crippen LogP contribution in [0.3, 0.4) is 0 Å². The molecule has 0 aliphatic carbocycles. The second-order valence-electron chi connectivity index (χ2n) is 5.70. The van der Waals surface area contributed by atoms with E-state index >= 15 is 0 Å². The molecule has 0 bridgehead atoms. The van der Waals surface area contributed by atoms with Crippen molar-refractivity contribution >= 4 is 23.3 Å². The van der Waals surface area contributed by atoms with Crippen molar-refractivity contribution < 1.29 is 14.3 Å².